The highest BCUT2D eigenvalue weighted by Crippen LogP contribution is 2.37. The highest BCUT2D eigenvalue weighted by atomic mass is 16.5. The first-order valence-electron chi connectivity index (χ1n) is 8.06. The van der Waals surface area contributed by atoms with Gasteiger partial charge in [-0.3, -0.25) is 4.79 Å². The summed E-state index contributed by atoms with van der Waals surface area (Å²) in [5, 5.41) is 9.71. The Morgan fingerprint density at radius 2 is 1.96 bits per heavy atom. The quantitative estimate of drug-likeness (QED) is 0.916. The van der Waals surface area contributed by atoms with Gasteiger partial charge in [-0.15, -0.1) is 0 Å². The fourth-order valence-electron chi connectivity index (χ4n) is 2.87. The van der Waals surface area contributed by atoms with Crippen LogP contribution in [-0.4, -0.2) is 30.8 Å². The first-order valence-corrected chi connectivity index (χ1v) is 8.06. The van der Waals surface area contributed by atoms with E-state index in [9.17, 15) is 9.90 Å². The molecule has 2 aromatic carbocycles. The zero-order valence-corrected chi connectivity index (χ0v) is 13.9. The Bertz CT molecular complexity index is 727. The lowest BCUT2D eigenvalue weighted by Crippen LogP contribution is -2.47. The predicted octanol–water partition coefficient (Wildman–Crippen LogP) is 3.15. The lowest BCUT2D eigenvalue weighted by Gasteiger charge is -2.34. The highest BCUT2D eigenvalue weighted by molar-refractivity contribution is 6.00. The van der Waals surface area contributed by atoms with Gasteiger partial charge in [-0.2, -0.15) is 0 Å². The number of phenols is 1. The van der Waals surface area contributed by atoms with E-state index in [1.165, 1.54) is 0 Å². The maximum atomic E-state index is 12.8. The first kappa shape index (κ1) is 16.2. The topological polar surface area (TPSA) is 59.0 Å². The fraction of sp³-hybridized carbons (Fsp3) is 0.316. The van der Waals surface area contributed by atoms with Crippen molar-refractivity contribution in [3.8, 4) is 17.2 Å². The van der Waals surface area contributed by atoms with Crippen molar-refractivity contribution in [3.63, 3.8) is 0 Å². The van der Waals surface area contributed by atoms with E-state index in [2.05, 4.69) is 0 Å². The molecule has 2 aromatic rings. The molecule has 3 rings (SSSR count). The first-order chi connectivity index (χ1) is 11.6. The van der Waals surface area contributed by atoms with Gasteiger partial charge in [0.2, 0.25) is 0 Å². The Morgan fingerprint density at radius 1 is 1.21 bits per heavy atom. The van der Waals surface area contributed by atoms with Crippen LogP contribution in [0.15, 0.2) is 42.5 Å². The fourth-order valence-corrected chi connectivity index (χ4v) is 2.87. The van der Waals surface area contributed by atoms with Gasteiger partial charge in [0.05, 0.1) is 12.8 Å². The number of methoxy groups -OCH3 is 1. The molecule has 0 fully saturated rings. The molecule has 0 radical (unpaired) electrons. The lowest BCUT2D eigenvalue weighted by atomic mass is 10.0. The lowest BCUT2D eigenvalue weighted by molar-refractivity contribution is -0.126. The van der Waals surface area contributed by atoms with Gasteiger partial charge >= 0.3 is 0 Å². The van der Waals surface area contributed by atoms with E-state index in [1.54, 1.807) is 30.2 Å². The summed E-state index contributed by atoms with van der Waals surface area (Å²) in [6.45, 7) is 2.61. The van der Waals surface area contributed by atoms with E-state index in [0.29, 0.717) is 24.4 Å². The van der Waals surface area contributed by atoms with E-state index >= 15 is 0 Å². The number of ether oxygens (including phenoxy) is 2. The third kappa shape index (κ3) is 3.15. The van der Waals surface area contributed by atoms with E-state index in [-0.39, 0.29) is 11.7 Å². The summed E-state index contributed by atoms with van der Waals surface area (Å²) in [4.78, 5) is 14.5. The molecule has 0 saturated carbocycles. The van der Waals surface area contributed by atoms with Crippen molar-refractivity contribution in [2.75, 3.05) is 18.6 Å². The normalized spacial score (nSPS) is 16.5. The molecule has 0 aromatic heterocycles. The van der Waals surface area contributed by atoms with Crippen LogP contribution >= 0.6 is 0 Å². The average Bonchev–Trinajstić information content (AvgIpc) is 2.60. The molecule has 0 spiro atoms. The molecule has 1 aliphatic rings. The monoisotopic (exact) mass is 327 g/mol. The van der Waals surface area contributed by atoms with E-state index in [1.807, 2.05) is 31.2 Å². The van der Waals surface area contributed by atoms with Gasteiger partial charge in [0.15, 0.2) is 6.10 Å². The Morgan fingerprint density at radius 3 is 2.62 bits per heavy atom. The molecule has 0 saturated heterocycles. The molecule has 1 aliphatic heterocycles. The van der Waals surface area contributed by atoms with Crippen molar-refractivity contribution in [1.29, 1.82) is 0 Å². The number of anilines is 1. The van der Waals surface area contributed by atoms with Crippen LogP contribution in [0, 0.1) is 0 Å². The average molecular weight is 327 g/mol. The molecule has 5 heteroatoms. The summed E-state index contributed by atoms with van der Waals surface area (Å²) in [7, 11) is 1.62. The number of hydrogen-bond acceptors (Lipinski definition) is 4. The van der Waals surface area contributed by atoms with E-state index < -0.39 is 6.10 Å². The molecule has 5 nitrogen and oxygen atoms in total. The Labute approximate surface area is 141 Å². The molecule has 126 valence electrons. The van der Waals surface area contributed by atoms with E-state index in [0.717, 1.165) is 17.7 Å². The molecule has 1 N–H and O–H groups in total. The molecular weight excluding hydrogens is 306 g/mol. The number of nitrogens with zero attached hydrogens (tertiary/aromatic N) is 1. The third-order valence-electron chi connectivity index (χ3n) is 4.07. The van der Waals surface area contributed by atoms with Crippen LogP contribution < -0.4 is 14.4 Å². The molecule has 1 heterocycles. The predicted molar refractivity (Wildman–Crippen MR) is 91.9 cm³/mol. The summed E-state index contributed by atoms with van der Waals surface area (Å²) >= 11 is 0. The van der Waals surface area contributed by atoms with Crippen molar-refractivity contribution >= 4 is 11.6 Å². The van der Waals surface area contributed by atoms with Gasteiger partial charge in [0, 0.05) is 19.0 Å². The van der Waals surface area contributed by atoms with Gasteiger partial charge in [-0.05, 0) is 36.2 Å². The van der Waals surface area contributed by atoms with Crippen LogP contribution in [0.5, 0.6) is 17.2 Å². The van der Waals surface area contributed by atoms with Crippen LogP contribution in [0.3, 0.4) is 0 Å². The van der Waals surface area contributed by atoms with Crippen LogP contribution in [0.2, 0.25) is 0 Å². The largest absolute Gasteiger partial charge is 0.508 e. The van der Waals surface area contributed by atoms with Gasteiger partial charge < -0.3 is 19.5 Å². The van der Waals surface area contributed by atoms with Crippen LogP contribution in [0.4, 0.5) is 5.69 Å². The second-order valence-electron chi connectivity index (χ2n) is 5.80. The number of rotatable bonds is 5. The highest BCUT2D eigenvalue weighted by Gasteiger charge is 2.34. The Kier molecular flexibility index (Phi) is 4.60. The molecular formula is C19H21NO4. The Balaban J connectivity index is 1.86. The van der Waals surface area contributed by atoms with Crippen molar-refractivity contribution in [1.82, 2.24) is 0 Å². The van der Waals surface area contributed by atoms with Crippen LogP contribution in [0.1, 0.15) is 18.9 Å². The molecule has 0 bridgehead atoms. The molecule has 1 atom stereocenters. The summed E-state index contributed by atoms with van der Waals surface area (Å²) in [5.74, 6) is 1.45. The summed E-state index contributed by atoms with van der Waals surface area (Å²) in [5.41, 5.74) is 1.64. The molecule has 24 heavy (non-hydrogen) atoms. The second kappa shape index (κ2) is 6.83. The number of carbonyl (C=O) groups excluding carboxylic acids is 1. The number of fused-ring (bicyclic) bond motifs is 1. The van der Waals surface area contributed by atoms with Gasteiger partial charge in [0.25, 0.3) is 5.91 Å². The summed E-state index contributed by atoms with van der Waals surface area (Å²) in [6, 6.07) is 12.5. The molecule has 1 amide bonds. The Hall–Kier alpha value is -2.69. The van der Waals surface area contributed by atoms with Gasteiger partial charge in [-0.25, -0.2) is 0 Å². The van der Waals surface area contributed by atoms with Crippen molar-refractivity contribution in [2.24, 2.45) is 0 Å². The summed E-state index contributed by atoms with van der Waals surface area (Å²) in [6.07, 6.45) is 0.751. The van der Waals surface area contributed by atoms with Crippen molar-refractivity contribution in [3.05, 3.63) is 48.0 Å². The minimum atomic E-state index is -0.568. The van der Waals surface area contributed by atoms with Crippen LogP contribution in [0.25, 0.3) is 0 Å². The van der Waals surface area contributed by atoms with Gasteiger partial charge in [0.1, 0.15) is 17.2 Å². The smallest absolute Gasteiger partial charge is 0.268 e. The van der Waals surface area contributed by atoms with Gasteiger partial charge in [-0.1, -0.05) is 19.1 Å². The SMILES string of the molecule is CCCN1C(=O)C(Cc2ccc(OC)cc2)Oc2ccc(O)cc21. The molecule has 1 unspecified atom stereocenters. The number of hydrogen-bond donors (Lipinski definition) is 1. The second-order valence-corrected chi connectivity index (χ2v) is 5.80. The van der Waals surface area contributed by atoms with E-state index in [4.69, 9.17) is 9.47 Å². The third-order valence-corrected chi connectivity index (χ3v) is 4.07. The maximum absolute atomic E-state index is 12.8. The van der Waals surface area contributed by atoms with Crippen LogP contribution in [-0.2, 0) is 11.2 Å². The number of aromatic hydroxyl groups is 1. The zero-order chi connectivity index (χ0) is 17.1. The standard InChI is InChI=1S/C19H21NO4/c1-3-10-20-16-12-14(21)6-9-17(16)24-18(19(20)22)11-13-4-7-15(23-2)8-5-13/h4-9,12,18,21H,3,10-11H2,1-2H3. The zero-order valence-electron chi connectivity index (χ0n) is 13.9. The number of benzene rings is 2. The maximum Gasteiger partial charge on any atom is 0.268 e. The van der Waals surface area contributed by atoms with Crippen molar-refractivity contribution in [2.45, 2.75) is 25.9 Å². The molecule has 0 aliphatic carbocycles. The minimum absolute atomic E-state index is 0.0780. The number of amides is 1. The van der Waals surface area contributed by atoms with Crippen molar-refractivity contribution < 1.29 is 19.4 Å². The number of phenolic OH excluding ortho intramolecular Hbond substituents is 1. The minimum Gasteiger partial charge on any atom is -0.508 e. The number of carbonyl (C=O) groups is 1. The summed E-state index contributed by atoms with van der Waals surface area (Å²) < 4.78 is 11.1.